The molecule has 0 aromatic heterocycles. The molecule has 3 heteroatoms. The number of aliphatic hydroxyl groups is 1. The third kappa shape index (κ3) is 22.9. The predicted molar refractivity (Wildman–Crippen MR) is 107 cm³/mol. The molecular formula is C22H40O3. The minimum absolute atomic E-state index is 0.323. The SMILES string of the molecule is O=C(O)CCCCCCCCCC=CCC=CCCCCCCCO. The van der Waals surface area contributed by atoms with Gasteiger partial charge in [-0.25, -0.2) is 0 Å². The second-order valence-electron chi connectivity index (χ2n) is 6.87. The summed E-state index contributed by atoms with van der Waals surface area (Å²) >= 11 is 0. The summed E-state index contributed by atoms with van der Waals surface area (Å²) in [7, 11) is 0. The van der Waals surface area contributed by atoms with Crippen molar-refractivity contribution in [3.05, 3.63) is 24.3 Å². The van der Waals surface area contributed by atoms with Crippen LogP contribution in [0.1, 0.15) is 103 Å². The van der Waals surface area contributed by atoms with Gasteiger partial charge >= 0.3 is 5.97 Å². The molecule has 0 aromatic carbocycles. The third-order valence-electron chi connectivity index (χ3n) is 4.40. The van der Waals surface area contributed by atoms with Gasteiger partial charge in [-0.15, -0.1) is 0 Å². The Labute approximate surface area is 155 Å². The Balaban J connectivity index is 3.17. The zero-order valence-corrected chi connectivity index (χ0v) is 16.1. The van der Waals surface area contributed by atoms with Gasteiger partial charge in [0.2, 0.25) is 0 Å². The number of allylic oxidation sites excluding steroid dienone is 4. The number of carbonyl (C=O) groups is 1. The third-order valence-corrected chi connectivity index (χ3v) is 4.40. The monoisotopic (exact) mass is 352 g/mol. The topological polar surface area (TPSA) is 57.5 Å². The van der Waals surface area contributed by atoms with E-state index in [1.165, 1.54) is 64.2 Å². The fraction of sp³-hybridized carbons (Fsp3) is 0.773. The van der Waals surface area contributed by atoms with Gasteiger partial charge < -0.3 is 10.2 Å². The summed E-state index contributed by atoms with van der Waals surface area (Å²) < 4.78 is 0. The van der Waals surface area contributed by atoms with Crippen LogP contribution in [0.25, 0.3) is 0 Å². The van der Waals surface area contributed by atoms with E-state index in [0.717, 1.165) is 32.1 Å². The summed E-state index contributed by atoms with van der Waals surface area (Å²) in [4.78, 5) is 10.4. The Kier molecular flexibility index (Phi) is 20.0. The highest BCUT2D eigenvalue weighted by atomic mass is 16.4. The molecule has 146 valence electrons. The molecule has 0 aliphatic rings. The van der Waals surface area contributed by atoms with Crippen LogP contribution >= 0.6 is 0 Å². The van der Waals surface area contributed by atoms with Crippen LogP contribution in [-0.2, 0) is 4.79 Å². The van der Waals surface area contributed by atoms with Crippen LogP contribution in [-0.4, -0.2) is 22.8 Å². The van der Waals surface area contributed by atoms with E-state index in [1.54, 1.807) is 0 Å². The zero-order valence-electron chi connectivity index (χ0n) is 16.1. The minimum atomic E-state index is -0.670. The first kappa shape index (κ1) is 23.9. The van der Waals surface area contributed by atoms with Gasteiger partial charge in [-0.1, -0.05) is 75.7 Å². The number of hydrogen-bond donors (Lipinski definition) is 2. The van der Waals surface area contributed by atoms with Crippen LogP contribution in [0.5, 0.6) is 0 Å². The maximum Gasteiger partial charge on any atom is 0.303 e. The van der Waals surface area contributed by atoms with Crippen molar-refractivity contribution in [1.29, 1.82) is 0 Å². The quantitative estimate of drug-likeness (QED) is 0.208. The number of carboxylic acids is 1. The van der Waals surface area contributed by atoms with Crippen LogP contribution in [0.4, 0.5) is 0 Å². The molecule has 0 aliphatic carbocycles. The molecule has 0 bridgehead atoms. The fourth-order valence-electron chi connectivity index (χ4n) is 2.83. The van der Waals surface area contributed by atoms with E-state index in [-0.39, 0.29) is 0 Å². The molecule has 25 heavy (non-hydrogen) atoms. The molecule has 3 nitrogen and oxygen atoms in total. The van der Waals surface area contributed by atoms with E-state index in [0.29, 0.717) is 13.0 Å². The molecule has 0 amide bonds. The Morgan fingerprint density at radius 1 is 0.600 bits per heavy atom. The molecule has 0 aliphatic heterocycles. The summed E-state index contributed by atoms with van der Waals surface area (Å²) in [5, 5.41) is 17.2. The van der Waals surface area contributed by atoms with Crippen molar-refractivity contribution in [3.8, 4) is 0 Å². The normalized spacial score (nSPS) is 11.7. The van der Waals surface area contributed by atoms with Gasteiger partial charge in [0.15, 0.2) is 0 Å². The molecule has 2 N–H and O–H groups in total. The highest BCUT2D eigenvalue weighted by molar-refractivity contribution is 5.66. The lowest BCUT2D eigenvalue weighted by Crippen LogP contribution is -1.93. The van der Waals surface area contributed by atoms with Crippen LogP contribution in [0.2, 0.25) is 0 Å². The Morgan fingerprint density at radius 3 is 1.52 bits per heavy atom. The minimum Gasteiger partial charge on any atom is -0.481 e. The molecule has 0 heterocycles. The molecule has 0 fully saturated rings. The van der Waals surface area contributed by atoms with Gasteiger partial charge in [-0.3, -0.25) is 4.79 Å². The Bertz CT molecular complexity index is 334. The Morgan fingerprint density at radius 2 is 1.04 bits per heavy atom. The summed E-state index contributed by atoms with van der Waals surface area (Å²) in [6.45, 7) is 0.334. The molecule has 0 rings (SSSR count). The van der Waals surface area contributed by atoms with E-state index in [2.05, 4.69) is 24.3 Å². The van der Waals surface area contributed by atoms with Crippen molar-refractivity contribution in [3.63, 3.8) is 0 Å². The van der Waals surface area contributed by atoms with Crippen molar-refractivity contribution in [2.75, 3.05) is 6.61 Å². The van der Waals surface area contributed by atoms with Gasteiger partial charge in [0.25, 0.3) is 0 Å². The van der Waals surface area contributed by atoms with Gasteiger partial charge in [-0.2, -0.15) is 0 Å². The lowest BCUT2D eigenvalue weighted by molar-refractivity contribution is -0.137. The highest BCUT2D eigenvalue weighted by Crippen LogP contribution is 2.10. The van der Waals surface area contributed by atoms with Crippen LogP contribution < -0.4 is 0 Å². The second kappa shape index (κ2) is 21.0. The lowest BCUT2D eigenvalue weighted by atomic mass is 10.1. The van der Waals surface area contributed by atoms with Gasteiger partial charge in [0, 0.05) is 13.0 Å². The first-order chi connectivity index (χ1) is 12.3. The average Bonchev–Trinajstić information content (AvgIpc) is 2.60. The second-order valence-corrected chi connectivity index (χ2v) is 6.87. The van der Waals surface area contributed by atoms with E-state index < -0.39 is 5.97 Å². The molecule has 0 aromatic rings. The maximum absolute atomic E-state index is 10.4. The smallest absolute Gasteiger partial charge is 0.303 e. The van der Waals surface area contributed by atoms with Crippen molar-refractivity contribution in [1.82, 2.24) is 0 Å². The standard InChI is InChI=1S/C22H40O3/c23-21-19-17-15-13-11-9-7-5-3-1-2-4-6-8-10-12-14-16-18-20-22(24)25/h1-2,5,7,23H,3-4,6,8-21H2,(H,24,25). The van der Waals surface area contributed by atoms with Crippen LogP contribution in [0.3, 0.4) is 0 Å². The molecule has 0 radical (unpaired) electrons. The number of carboxylic acid groups (broad SMARTS) is 1. The number of hydrogen-bond acceptors (Lipinski definition) is 2. The summed E-state index contributed by atoms with van der Waals surface area (Å²) in [5.74, 6) is -0.670. The number of rotatable bonds is 19. The lowest BCUT2D eigenvalue weighted by Gasteiger charge is -2.00. The first-order valence-electron chi connectivity index (χ1n) is 10.4. The molecule has 0 atom stereocenters. The molecule has 0 saturated heterocycles. The summed E-state index contributed by atoms with van der Waals surface area (Å²) in [6, 6.07) is 0. The van der Waals surface area contributed by atoms with E-state index >= 15 is 0 Å². The molecule has 0 unspecified atom stereocenters. The fourth-order valence-corrected chi connectivity index (χ4v) is 2.83. The average molecular weight is 353 g/mol. The van der Waals surface area contributed by atoms with Crippen molar-refractivity contribution in [2.45, 2.75) is 103 Å². The van der Waals surface area contributed by atoms with Crippen LogP contribution in [0, 0.1) is 0 Å². The number of aliphatic carboxylic acids is 1. The largest absolute Gasteiger partial charge is 0.481 e. The molecule has 0 saturated carbocycles. The highest BCUT2D eigenvalue weighted by Gasteiger charge is 1.96. The van der Waals surface area contributed by atoms with Crippen molar-refractivity contribution < 1.29 is 15.0 Å². The van der Waals surface area contributed by atoms with E-state index in [4.69, 9.17) is 10.2 Å². The number of unbranched alkanes of at least 4 members (excludes halogenated alkanes) is 12. The van der Waals surface area contributed by atoms with Crippen molar-refractivity contribution in [2.24, 2.45) is 0 Å². The maximum atomic E-state index is 10.4. The van der Waals surface area contributed by atoms with Gasteiger partial charge in [-0.05, 0) is 44.9 Å². The number of aliphatic hydroxyl groups excluding tert-OH is 1. The van der Waals surface area contributed by atoms with Gasteiger partial charge in [0.1, 0.15) is 0 Å². The zero-order chi connectivity index (χ0) is 18.4. The molecule has 0 spiro atoms. The van der Waals surface area contributed by atoms with Gasteiger partial charge in [0.05, 0.1) is 0 Å². The van der Waals surface area contributed by atoms with Crippen LogP contribution in [0.15, 0.2) is 24.3 Å². The molecular weight excluding hydrogens is 312 g/mol. The predicted octanol–water partition coefficient (Wildman–Crippen LogP) is 6.42. The van der Waals surface area contributed by atoms with E-state index in [9.17, 15) is 4.79 Å². The Hall–Kier alpha value is -1.09. The van der Waals surface area contributed by atoms with Crippen molar-refractivity contribution >= 4 is 5.97 Å². The summed E-state index contributed by atoms with van der Waals surface area (Å²) in [5.41, 5.74) is 0. The van der Waals surface area contributed by atoms with E-state index in [1.807, 2.05) is 0 Å². The summed E-state index contributed by atoms with van der Waals surface area (Å²) in [6.07, 6.45) is 26.9. The first-order valence-corrected chi connectivity index (χ1v) is 10.4.